The molecule has 0 aliphatic heterocycles. The van der Waals surface area contributed by atoms with E-state index >= 15 is 0 Å². The summed E-state index contributed by atoms with van der Waals surface area (Å²) in [5, 5.41) is 0. The standard InChI is InChI=1S/C32H66S4/c1-3-5-7-9-11-13-15-17-19-21-23-25-27-29-31-33-35-36-34-32-30-28-26-24-22-20-18-16-14-12-10-8-6-4-2/h3-32H2,1-2H3. The first-order valence-electron chi connectivity index (χ1n) is 16.5. The molecule has 218 valence electrons. The van der Waals surface area contributed by atoms with Gasteiger partial charge in [-0.3, -0.25) is 0 Å². The maximum absolute atomic E-state index is 2.30. The van der Waals surface area contributed by atoms with Crippen LogP contribution in [0, 0.1) is 0 Å². The van der Waals surface area contributed by atoms with Crippen molar-refractivity contribution in [2.45, 2.75) is 194 Å². The molecule has 0 atom stereocenters. The van der Waals surface area contributed by atoms with Gasteiger partial charge in [0.15, 0.2) is 0 Å². The van der Waals surface area contributed by atoms with E-state index < -0.39 is 0 Å². The van der Waals surface area contributed by atoms with Gasteiger partial charge in [0.05, 0.1) is 0 Å². The molecule has 0 aliphatic carbocycles. The summed E-state index contributed by atoms with van der Waals surface area (Å²) in [7, 11) is 8.21. The molecule has 0 rings (SSSR count). The van der Waals surface area contributed by atoms with E-state index in [0.717, 1.165) is 0 Å². The van der Waals surface area contributed by atoms with Crippen molar-refractivity contribution < 1.29 is 0 Å². The average molecular weight is 579 g/mol. The minimum atomic E-state index is 1.34. The summed E-state index contributed by atoms with van der Waals surface area (Å²) in [6.07, 6.45) is 40.8. The van der Waals surface area contributed by atoms with Gasteiger partial charge in [-0.05, 0) is 32.5 Å². The Hall–Kier alpha value is 1.40. The second kappa shape index (κ2) is 36.4. The molecule has 0 saturated heterocycles. The fourth-order valence-electron chi connectivity index (χ4n) is 4.82. The van der Waals surface area contributed by atoms with Gasteiger partial charge in [0.25, 0.3) is 0 Å². The molecule has 0 radical (unpaired) electrons. The summed E-state index contributed by atoms with van der Waals surface area (Å²) < 4.78 is 0. The molecule has 0 aromatic rings. The van der Waals surface area contributed by atoms with Crippen LogP contribution in [0.2, 0.25) is 0 Å². The fourth-order valence-corrected chi connectivity index (χ4v) is 11.1. The van der Waals surface area contributed by atoms with Crippen LogP contribution in [0.3, 0.4) is 0 Å². The third kappa shape index (κ3) is 35.4. The van der Waals surface area contributed by atoms with Gasteiger partial charge in [-0.25, -0.2) is 0 Å². The van der Waals surface area contributed by atoms with Gasteiger partial charge >= 0.3 is 0 Å². The molecular weight excluding hydrogens is 513 g/mol. The van der Waals surface area contributed by atoms with Crippen LogP contribution in [0.1, 0.15) is 194 Å². The first kappa shape index (κ1) is 37.4. The van der Waals surface area contributed by atoms with E-state index in [1.165, 1.54) is 191 Å². The van der Waals surface area contributed by atoms with E-state index in [1.807, 2.05) is 19.7 Å². The first-order chi connectivity index (χ1) is 17.9. The zero-order chi connectivity index (χ0) is 26.0. The van der Waals surface area contributed by atoms with Crippen LogP contribution in [0.4, 0.5) is 0 Å². The molecule has 0 bridgehead atoms. The quantitative estimate of drug-likeness (QED) is 0.0560. The lowest BCUT2D eigenvalue weighted by Crippen LogP contribution is -1.84. The first-order valence-corrected chi connectivity index (χ1v) is 21.6. The highest BCUT2D eigenvalue weighted by Crippen LogP contribution is 2.43. The minimum Gasteiger partial charge on any atom is -0.0817 e. The Bertz CT molecular complexity index is 330. The van der Waals surface area contributed by atoms with E-state index in [0.29, 0.717) is 0 Å². The van der Waals surface area contributed by atoms with E-state index in [2.05, 4.69) is 35.4 Å². The van der Waals surface area contributed by atoms with E-state index in [4.69, 9.17) is 0 Å². The Kier molecular flexibility index (Phi) is 37.8. The molecule has 0 heterocycles. The molecule has 0 amide bonds. The number of hydrogen-bond acceptors (Lipinski definition) is 4. The fraction of sp³-hybridized carbons (Fsp3) is 1.00. The van der Waals surface area contributed by atoms with E-state index in [9.17, 15) is 0 Å². The largest absolute Gasteiger partial charge is 0.0817 e. The topological polar surface area (TPSA) is 0 Å². The Morgan fingerprint density at radius 2 is 0.444 bits per heavy atom. The molecular formula is C32H66S4. The molecule has 4 heteroatoms. The highest BCUT2D eigenvalue weighted by molar-refractivity contribution is 9.26. The summed E-state index contributed by atoms with van der Waals surface area (Å²) in [6, 6.07) is 0. The van der Waals surface area contributed by atoms with Gasteiger partial charge in [0.1, 0.15) is 0 Å². The Morgan fingerprint density at radius 3 is 0.667 bits per heavy atom. The molecule has 0 spiro atoms. The van der Waals surface area contributed by atoms with Crippen LogP contribution in [0.25, 0.3) is 0 Å². The minimum absolute atomic E-state index is 1.34. The lowest BCUT2D eigenvalue weighted by molar-refractivity contribution is 0.538. The monoisotopic (exact) mass is 578 g/mol. The van der Waals surface area contributed by atoms with Crippen molar-refractivity contribution in [3.8, 4) is 0 Å². The molecule has 0 fully saturated rings. The van der Waals surface area contributed by atoms with Crippen LogP contribution in [0.15, 0.2) is 0 Å². The van der Waals surface area contributed by atoms with E-state index in [1.54, 1.807) is 0 Å². The Balaban J connectivity index is 3.00. The lowest BCUT2D eigenvalue weighted by Gasteiger charge is -2.04. The Labute approximate surface area is 245 Å². The lowest BCUT2D eigenvalue weighted by atomic mass is 10.0. The van der Waals surface area contributed by atoms with Gasteiger partial charge in [-0.2, -0.15) is 0 Å². The van der Waals surface area contributed by atoms with Crippen LogP contribution in [-0.4, -0.2) is 11.5 Å². The summed E-state index contributed by atoms with van der Waals surface area (Å²) >= 11 is 0. The molecule has 0 aromatic carbocycles. The molecule has 0 saturated carbocycles. The van der Waals surface area contributed by atoms with Gasteiger partial charge < -0.3 is 0 Å². The van der Waals surface area contributed by atoms with Crippen molar-refractivity contribution in [1.82, 2.24) is 0 Å². The van der Waals surface area contributed by atoms with Crippen molar-refractivity contribution >= 4 is 41.2 Å². The van der Waals surface area contributed by atoms with Crippen LogP contribution in [-0.2, 0) is 0 Å². The number of rotatable bonds is 33. The third-order valence-corrected chi connectivity index (χ3v) is 13.9. The van der Waals surface area contributed by atoms with Crippen LogP contribution in [0.5, 0.6) is 0 Å². The smallest absolute Gasteiger partial charge is 0.00454 e. The summed E-state index contributed by atoms with van der Waals surface area (Å²) in [6.45, 7) is 4.61. The van der Waals surface area contributed by atoms with Gasteiger partial charge in [0.2, 0.25) is 0 Å². The summed E-state index contributed by atoms with van der Waals surface area (Å²) in [5.74, 6) is 2.68. The predicted molar refractivity (Wildman–Crippen MR) is 181 cm³/mol. The molecule has 0 unspecified atom stereocenters. The van der Waals surface area contributed by atoms with Crippen LogP contribution >= 0.6 is 41.2 Å². The second-order valence-corrected chi connectivity index (χ2v) is 17.2. The van der Waals surface area contributed by atoms with Gasteiger partial charge in [0, 0.05) is 11.5 Å². The van der Waals surface area contributed by atoms with Crippen molar-refractivity contribution in [3.63, 3.8) is 0 Å². The molecule has 0 N–H and O–H groups in total. The number of unbranched alkanes of at least 4 members (excludes halogenated alkanes) is 26. The molecule has 36 heavy (non-hydrogen) atoms. The van der Waals surface area contributed by atoms with E-state index in [-0.39, 0.29) is 0 Å². The van der Waals surface area contributed by atoms with Crippen molar-refractivity contribution in [2.75, 3.05) is 11.5 Å². The summed E-state index contributed by atoms with van der Waals surface area (Å²) in [4.78, 5) is 0. The van der Waals surface area contributed by atoms with Crippen LogP contribution < -0.4 is 0 Å². The molecule has 0 aromatic heterocycles. The normalized spacial score (nSPS) is 11.5. The average Bonchev–Trinajstić information content (AvgIpc) is 2.89. The second-order valence-electron chi connectivity index (χ2n) is 11.0. The highest BCUT2D eigenvalue weighted by atomic mass is 33.7. The Morgan fingerprint density at radius 1 is 0.250 bits per heavy atom. The zero-order valence-corrected chi connectivity index (χ0v) is 28.1. The maximum atomic E-state index is 2.30. The predicted octanol–water partition coefficient (Wildman–Crippen LogP) is 14.6. The summed E-state index contributed by atoms with van der Waals surface area (Å²) in [5.41, 5.74) is 0. The van der Waals surface area contributed by atoms with Crippen molar-refractivity contribution in [1.29, 1.82) is 0 Å². The van der Waals surface area contributed by atoms with Gasteiger partial charge in [-0.15, -0.1) is 0 Å². The van der Waals surface area contributed by atoms with Crippen molar-refractivity contribution in [3.05, 3.63) is 0 Å². The third-order valence-electron chi connectivity index (χ3n) is 7.29. The SMILES string of the molecule is CCCCCCCCCCCCCCCCSSSSCCCCCCCCCCCCCCCC. The molecule has 0 nitrogen and oxygen atoms in total. The van der Waals surface area contributed by atoms with Gasteiger partial charge in [-0.1, -0.05) is 202 Å². The number of hydrogen-bond donors (Lipinski definition) is 0. The van der Waals surface area contributed by atoms with Crippen molar-refractivity contribution in [2.24, 2.45) is 0 Å². The molecule has 0 aliphatic rings. The highest BCUT2D eigenvalue weighted by Gasteiger charge is 1.98. The zero-order valence-electron chi connectivity index (χ0n) is 24.8. The maximum Gasteiger partial charge on any atom is 0.00454 e.